The van der Waals surface area contributed by atoms with Crippen LogP contribution in [0.3, 0.4) is 0 Å². The Morgan fingerprint density at radius 1 is 0.875 bits per heavy atom. The first-order valence-electron chi connectivity index (χ1n) is 8.25. The van der Waals surface area contributed by atoms with Crippen LogP contribution >= 0.6 is 0 Å². The summed E-state index contributed by atoms with van der Waals surface area (Å²) in [5, 5.41) is 3.38. The van der Waals surface area contributed by atoms with E-state index in [1.807, 2.05) is 51.1 Å². The van der Waals surface area contributed by atoms with E-state index in [0.717, 1.165) is 24.0 Å². The minimum Gasteiger partial charge on any atom is -0.469 e. The molecule has 3 rings (SSSR count). The molecule has 124 valence electrons. The number of nitrogens with one attached hydrogen (secondary N) is 1. The van der Waals surface area contributed by atoms with E-state index in [2.05, 4.69) is 34.6 Å². The third-order valence-electron chi connectivity index (χ3n) is 3.49. The molecule has 1 N–H and O–H groups in total. The fourth-order valence-electron chi connectivity index (χ4n) is 2.43. The van der Waals surface area contributed by atoms with E-state index < -0.39 is 0 Å². The van der Waals surface area contributed by atoms with Gasteiger partial charge < -0.3 is 10.1 Å². The molecule has 1 heterocycles. The molecule has 0 fully saturated rings. The van der Waals surface area contributed by atoms with Crippen molar-refractivity contribution in [2.75, 3.05) is 11.9 Å². The average Bonchev–Trinajstić information content (AvgIpc) is 2.55. The highest BCUT2D eigenvalue weighted by Gasteiger charge is 2.18. The lowest BCUT2D eigenvalue weighted by atomic mass is 10.1. The van der Waals surface area contributed by atoms with E-state index in [1.54, 1.807) is 0 Å². The molecule has 0 bridgehead atoms. The van der Waals surface area contributed by atoms with Gasteiger partial charge in [0, 0.05) is 6.54 Å². The first kappa shape index (κ1) is 16.2. The predicted octanol–water partition coefficient (Wildman–Crippen LogP) is 4.46. The van der Waals surface area contributed by atoms with Gasteiger partial charge in [-0.3, -0.25) is 0 Å². The third kappa shape index (κ3) is 4.22. The highest BCUT2D eigenvalue weighted by atomic mass is 16.5. The van der Waals surface area contributed by atoms with Crippen molar-refractivity contribution in [3.63, 3.8) is 0 Å². The van der Waals surface area contributed by atoms with Crippen molar-refractivity contribution in [1.29, 1.82) is 0 Å². The van der Waals surface area contributed by atoms with Crippen LogP contribution in [0.1, 0.15) is 26.3 Å². The van der Waals surface area contributed by atoms with Crippen molar-refractivity contribution < 1.29 is 4.74 Å². The number of ether oxygens (including phenoxy) is 1. The molecule has 0 saturated heterocycles. The van der Waals surface area contributed by atoms with Gasteiger partial charge in [0.15, 0.2) is 5.82 Å². The van der Waals surface area contributed by atoms with Crippen molar-refractivity contribution in [3.8, 4) is 5.88 Å². The van der Waals surface area contributed by atoms with E-state index in [9.17, 15) is 0 Å². The Hall–Kier alpha value is -2.62. The summed E-state index contributed by atoms with van der Waals surface area (Å²) in [6.45, 7) is 6.81. The van der Waals surface area contributed by atoms with Gasteiger partial charge in [0.1, 0.15) is 5.60 Å². The molecule has 0 spiro atoms. The number of aromatic nitrogens is 2. The minimum atomic E-state index is -0.326. The van der Waals surface area contributed by atoms with E-state index in [1.165, 1.54) is 5.56 Å². The third-order valence-corrected chi connectivity index (χ3v) is 3.49. The van der Waals surface area contributed by atoms with Crippen molar-refractivity contribution >= 4 is 16.9 Å². The smallest absolute Gasteiger partial charge is 0.258 e. The summed E-state index contributed by atoms with van der Waals surface area (Å²) in [7, 11) is 0. The van der Waals surface area contributed by atoms with E-state index in [0.29, 0.717) is 11.7 Å². The highest BCUT2D eigenvalue weighted by molar-refractivity contribution is 5.77. The van der Waals surface area contributed by atoms with Crippen molar-refractivity contribution in [1.82, 2.24) is 9.97 Å². The number of para-hydroxylation sites is 2. The van der Waals surface area contributed by atoms with Gasteiger partial charge in [0.05, 0.1) is 11.0 Å². The van der Waals surface area contributed by atoms with Gasteiger partial charge in [0.25, 0.3) is 5.88 Å². The molecule has 24 heavy (non-hydrogen) atoms. The molecule has 0 amide bonds. The maximum absolute atomic E-state index is 6.01. The number of hydrogen-bond acceptors (Lipinski definition) is 4. The summed E-state index contributed by atoms with van der Waals surface area (Å²) < 4.78 is 6.01. The number of benzene rings is 2. The normalized spacial score (nSPS) is 11.5. The molecular formula is C20H23N3O. The Labute approximate surface area is 142 Å². The van der Waals surface area contributed by atoms with E-state index in [-0.39, 0.29) is 5.60 Å². The van der Waals surface area contributed by atoms with Crippen LogP contribution in [0.5, 0.6) is 5.88 Å². The molecule has 2 aromatic carbocycles. The average molecular weight is 321 g/mol. The van der Waals surface area contributed by atoms with E-state index in [4.69, 9.17) is 9.72 Å². The molecule has 3 aromatic rings. The Kier molecular flexibility index (Phi) is 4.65. The molecule has 4 nitrogen and oxygen atoms in total. The Bertz CT molecular complexity index is 810. The number of nitrogens with zero attached hydrogens (tertiary/aromatic N) is 2. The second-order valence-corrected chi connectivity index (χ2v) is 6.74. The van der Waals surface area contributed by atoms with Crippen molar-refractivity contribution in [3.05, 3.63) is 60.2 Å². The number of hydrogen-bond donors (Lipinski definition) is 1. The van der Waals surface area contributed by atoms with Gasteiger partial charge in [0.2, 0.25) is 0 Å². The van der Waals surface area contributed by atoms with Crippen molar-refractivity contribution in [2.24, 2.45) is 0 Å². The van der Waals surface area contributed by atoms with E-state index >= 15 is 0 Å². The lowest BCUT2D eigenvalue weighted by Crippen LogP contribution is -2.24. The van der Waals surface area contributed by atoms with Crippen LogP contribution in [0.4, 0.5) is 5.82 Å². The Balaban J connectivity index is 1.82. The van der Waals surface area contributed by atoms with Crippen LogP contribution in [-0.2, 0) is 6.42 Å². The van der Waals surface area contributed by atoms with Crippen LogP contribution in [-0.4, -0.2) is 22.1 Å². The van der Waals surface area contributed by atoms with Gasteiger partial charge >= 0.3 is 0 Å². The SMILES string of the molecule is CC(C)(C)Oc1nc2ccccc2nc1NCCc1ccccc1. The molecule has 1 aromatic heterocycles. The van der Waals surface area contributed by atoms with Gasteiger partial charge in [-0.2, -0.15) is 0 Å². The molecule has 0 aliphatic carbocycles. The Morgan fingerprint density at radius 2 is 1.50 bits per heavy atom. The van der Waals surface area contributed by atoms with Gasteiger partial charge in [-0.15, -0.1) is 0 Å². The zero-order chi connectivity index (χ0) is 17.0. The molecular weight excluding hydrogens is 298 g/mol. The number of fused-ring (bicyclic) bond motifs is 1. The van der Waals surface area contributed by atoms with Crippen molar-refractivity contribution in [2.45, 2.75) is 32.8 Å². The number of anilines is 1. The summed E-state index contributed by atoms with van der Waals surface area (Å²) in [5.41, 5.74) is 2.66. The molecule has 0 aliphatic rings. The fraction of sp³-hybridized carbons (Fsp3) is 0.300. The topological polar surface area (TPSA) is 47.0 Å². The minimum absolute atomic E-state index is 0.326. The Morgan fingerprint density at radius 3 is 2.17 bits per heavy atom. The van der Waals surface area contributed by atoms with Crippen LogP contribution in [0, 0.1) is 0 Å². The molecule has 0 atom stereocenters. The molecule has 0 radical (unpaired) electrons. The second kappa shape index (κ2) is 6.87. The summed E-state index contributed by atoms with van der Waals surface area (Å²) in [4.78, 5) is 9.33. The quantitative estimate of drug-likeness (QED) is 0.753. The fourth-order valence-corrected chi connectivity index (χ4v) is 2.43. The van der Waals surface area contributed by atoms with Crippen LogP contribution < -0.4 is 10.1 Å². The maximum Gasteiger partial charge on any atom is 0.258 e. The summed E-state index contributed by atoms with van der Waals surface area (Å²) in [5.74, 6) is 1.24. The predicted molar refractivity (Wildman–Crippen MR) is 98.6 cm³/mol. The largest absolute Gasteiger partial charge is 0.469 e. The lowest BCUT2D eigenvalue weighted by molar-refractivity contribution is 0.125. The standard InChI is InChI=1S/C20H23N3O/c1-20(2,3)24-19-18(21-14-13-15-9-5-4-6-10-15)22-16-11-7-8-12-17(16)23-19/h4-12H,13-14H2,1-3H3,(H,21,22). The van der Waals surface area contributed by atoms with Crippen LogP contribution in [0.2, 0.25) is 0 Å². The van der Waals surface area contributed by atoms with Gasteiger partial charge in [-0.1, -0.05) is 42.5 Å². The summed E-state index contributed by atoms with van der Waals surface area (Å²) >= 11 is 0. The summed E-state index contributed by atoms with van der Waals surface area (Å²) in [6.07, 6.45) is 0.921. The van der Waals surface area contributed by atoms with Crippen LogP contribution in [0.25, 0.3) is 11.0 Å². The molecule has 0 aliphatic heterocycles. The monoisotopic (exact) mass is 321 g/mol. The van der Waals surface area contributed by atoms with Gasteiger partial charge in [-0.05, 0) is 44.9 Å². The maximum atomic E-state index is 6.01. The molecule has 4 heteroatoms. The number of rotatable bonds is 5. The second-order valence-electron chi connectivity index (χ2n) is 6.74. The zero-order valence-corrected chi connectivity index (χ0v) is 14.4. The zero-order valence-electron chi connectivity index (χ0n) is 14.4. The van der Waals surface area contributed by atoms with Crippen LogP contribution in [0.15, 0.2) is 54.6 Å². The molecule has 0 unspecified atom stereocenters. The lowest BCUT2D eigenvalue weighted by Gasteiger charge is -2.22. The highest BCUT2D eigenvalue weighted by Crippen LogP contribution is 2.26. The molecule has 0 saturated carbocycles. The summed E-state index contributed by atoms with van der Waals surface area (Å²) in [6, 6.07) is 18.2. The first-order chi connectivity index (χ1) is 11.5. The van der Waals surface area contributed by atoms with Gasteiger partial charge in [-0.25, -0.2) is 9.97 Å². The first-order valence-corrected chi connectivity index (χ1v) is 8.25.